The van der Waals surface area contributed by atoms with Crippen molar-refractivity contribution in [2.45, 2.75) is 67.8 Å². The predicted molar refractivity (Wildman–Crippen MR) is 166 cm³/mol. The predicted octanol–water partition coefficient (Wildman–Crippen LogP) is 8.70. The maximum absolute atomic E-state index is 13.9. The Labute approximate surface area is 252 Å². The third-order valence-corrected chi connectivity index (χ3v) is 10.3. The van der Waals surface area contributed by atoms with E-state index >= 15 is 0 Å². The van der Waals surface area contributed by atoms with Gasteiger partial charge in [0.25, 0.3) is 0 Å². The molecule has 0 aliphatic carbocycles. The highest BCUT2D eigenvalue weighted by molar-refractivity contribution is 8.22. The molecule has 226 valence electrons. The Balaban J connectivity index is 1.91. The largest absolute Gasteiger partial charge is 0.497 e. The van der Waals surface area contributed by atoms with Crippen molar-refractivity contribution in [2.75, 3.05) is 12.9 Å². The van der Waals surface area contributed by atoms with Gasteiger partial charge in [0.2, 0.25) is 5.83 Å². The van der Waals surface area contributed by atoms with E-state index in [4.69, 9.17) is 14.6 Å². The summed E-state index contributed by atoms with van der Waals surface area (Å²) in [6.45, 7) is 4.37. The number of benzene rings is 3. The summed E-state index contributed by atoms with van der Waals surface area (Å²) in [5.74, 6) is -1.79. The van der Waals surface area contributed by atoms with E-state index in [0.29, 0.717) is 34.0 Å². The number of hydrogen-bond donors (Lipinski definition) is 3. The zero-order valence-electron chi connectivity index (χ0n) is 24.0. The Hall–Kier alpha value is -3.02. The lowest BCUT2D eigenvalue weighted by Gasteiger charge is -2.46. The number of hydrogen-bond acceptors (Lipinski definition) is 7. The van der Waals surface area contributed by atoms with E-state index in [1.165, 1.54) is 11.8 Å². The van der Waals surface area contributed by atoms with Crippen LogP contribution in [0.25, 0.3) is 0 Å². The van der Waals surface area contributed by atoms with Crippen LogP contribution >= 0.6 is 22.5 Å². The van der Waals surface area contributed by atoms with E-state index in [0.717, 1.165) is 36.0 Å². The summed E-state index contributed by atoms with van der Waals surface area (Å²) >= 11 is 1.46. The number of carboxylic acids is 1. The summed E-state index contributed by atoms with van der Waals surface area (Å²) in [4.78, 5) is 12.0. The van der Waals surface area contributed by atoms with Gasteiger partial charge in [-0.2, -0.15) is 8.70 Å². The number of halogens is 1. The van der Waals surface area contributed by atoms with Gasteiger partial charge in [0.05, 0.1) is 16.9 Å². The molecule has 4 rings (SSSR count). The van der Waals surface area contributed by atoms with E-state index < -0.39 is 22.6 Å². The van der Waals surface area contributed by atoms with Crippen molar-refractivity contribution in [3.63, 3.8) is 0 Å². The third kappa shape index (κ3) is 7.30. The second-order valence-electron chi connectivity index (χ2n) is 10.1. The van der Waals surface area contributed by atoms with Crippen LogP contribution in [0.2, 0.25) is 0 Å². The average molecular weight is 616 g/mol. The molecule has 3 N–H and O–H groups in total. The molecule has 3 aromatic carbocycles. The Morgan fingerprint density at radius 1 is 1.12 bits per heavy atom. The molecule has 1 aliphatic heterocycles. The molecule has 0 radical (unpaired) electrons. The van der Waals surface area contributed by atoms with Gasteiger partial charge in [0.15, 0.2) is 0 Å². The topological polar surface area (TPSA) is 99.5 Å². The highest BCUT2D eigenvalue weighted by Gasteiger charge is 2.41. The number of nitrogens with zero attached hydrogens (tertiary/aromatic N) is 1. The van der Waals surface area contributed by atoms with Crippen LogP contribution in [-0.4, -0.2) is 43.4 Å². The Bertz CT molecular complexity index is 1380. The minimum absolute atomic E-state index is 0.147. The van der Waals surface area contributed by atoms with Gasteiger partial charge >= 0.3 is 5.97 Å². The molecular formula is C32H38FNO6S2. The molecule has 10 heteroatoms. The summed E-state index contributed by atoms with van der Waals surface area (Å²) in [5, 5.41) is 8.99. The van der Waals surface area contributed by atoms with Gasteiger partial charge in [-0.05, 0) is 53.5 Å². The number of unbranched alkanes of at least 4 members (excludes halogenated alkanes) is 1. The number of carboxylic acid groups (broad SMARTS) is 1. The minimum Gasteiger partial charge on any atom is -0.497 e. The van der Waals surface area contributed by atoms with Gasteiger partial charge in [0.1, 0.15) is 17.8 Å². The average Bonchev–Trinajstić information content (AvgIpc) is 3.07. The normalized spacial score (nSPS) is 19.4. The molecule has 1 heterocycles. The van der Waals surface area contributed by atoms with Gasteiger partial charge in [-0.1, -0.05) is 69.2 Å². The van der Waals surface area contributed by atoms with Gasteiger partial charge in [0, 0.05) is 24.6 Å². The minimum atomic E-state index is -3.58. The number of ether oxygens (including phenoxy) is 2. The highest BCUT2D eigenvalue weighted by Crippen LogP contribution is 2.61. The van der Waals surface area contributed by atoms with Crippen molar-refractivity contribution in [3.05, 3.63) is 95.5 Å². The first kappa shape index (κ1) is 31.9. The molecule has 0 saturated carbocycles. The van der Waals surface area contributed by atoms with E-state index in [2.05, 4.69) is 19.1 Å². The fourth-order valence-electron chi connectivity index (χ4n) is 5.28. The maximum atomic E-state index is 13.9. The van der Waals surface area contributed by atoms with Gasteiger partial charge < -0.3 is 14.6 Å². The first-order valence-corrected chi connectivity index (χ1v) is 16.5. The van der Waals surface area contributed by atoms with Gasteiger partial charge in [-0.3, -0.25) is 9.11 Å². The van der Waals surface area contributed by atoms with E-state index in [1.807, 2.05) is 55.5 Å². The van der Waals surface area contributed by atoms with Crippen LogP contribution in [0.5, 0.6) is 11.5 Å². The molecule has 0 amide bonds. The molecule has 42 heavy (non-hydrogen) atoms. The highest BCUT2D eigenvalue weighted by atomic mass is 32.3. The molecule has 0 fully saturated rings. The second-order valence-corrected chi connectivity index (χ2v) is 13.3. The van der Waals surface area contributed by atoms with Crippen LogP contribution < -0.4 is 9.47 Å². The van der Waals surface area contributed by atoms with Crippen LogP contribution in [0.15, 0.2) is 88.6 Å². The monoisotopic (exact) mass is 615 g/mol. The zero-order chi connectivity index (χ0) is 30.3. The van der Waals surface area contributed by atoms with Crippen LogP contribution in [-0.2, 0) is 11.3 Å². The van der Waals surface area contributed by atoms with Crippen molar-refractivity contribution in [1.29, 1.82) is 0 Å². The quantitative estimate of drug-likeness (QED) is 0.106. The van der Waals surface area contributed by atoms with Gasteiger partial charge in [-0.25, -0.2) is 4.79 Å². The third-order valence-electron chi connectivity index (χ3n) is 7.37. The van der Waals surface area contributed by atoms with Crippen molar-refractivity contribution >= 4 is 28.5 Å². The molecule has 0 bridgehead atoms. The smallest absolute Gasteiger partial charge is 0.368 e. The zero-order valence-corrected chi connectivity index (χ0v) is 25.7. The molecule has 7 nitrogen and oxygen atoms in total. The maximum Gasteiger partial charge on any atom is 0.368 e. The van der Waals surface area contributed by atoms with Crippen LogP contribution in [0.3, 0.4) is 0 Å². The molecule has 2 atom stereocenters. The number of methoxy groups -OCH3 is 1. The number of thioether (sulfide) groups is 1. The summed E-state index contributed by atoms with van der Waals surface area (Å²) in [5.41, 5.74) is 2.73. The molecule has 0 saturated heterocycles. The van der Waals surface area contributed by atoms with Crippen molar-refractivity contribution < 1.29 is 32.9 Å². The number of carbonyl (C=O) groups is 1. The van der Waals surface area contributed by atoms with E-state index in [1.54, 1.807) is 17.5 Å². The SMILES string of the molecule is CCCCC1CC(c2ccccc2)c2cc(SCC)c(O/C=C(\F)C(=O)O)cc2S(O)(O)N1Cc1ccc(OC)cc1. The van der Waals surface area contributed by atoms with E-state index in [9.17, 15) is 18.3 Å². The molecule has 1 aliphatic rings. The van der Waals surface area contributed by atoms with Crippen molar-refractivity contribution in [2.24, 2.45) is 0 Å². The Kier molecular flexibility index (Phi) is 11.0. The summed E-state index contributed by atoms with van der Waals surface area (Å²) in [7, 11) is -1.98. The first-order chi connectivity index (χ1) is 20.2. The summed E-state index contributed by atoms with van der Waals surface area (Å²) in [6, 6.07) is 20.8. The number of aliphatic carboxylic acids is 1. The number of rotatable bonds is 12. The molecule has 0 aromatic heterocycles. The van der Waals surface area contributed by atoms with Crippen LogP contribution in [0, 0.1) is 0 Å². The van der Waals surface area contributed by atoms with Crippen molar-refractivity contribution in [1.82, 2.24) is 4.31 Å². The first-order valence-electron chi connectivity index (χ1n) is 14.0. The second kappa shape index (κ2) is 14.4. The lowest BCUT2D eigenvalue weighted by molar-refractivity contribution is -0.134. The fourth-order valence-corrected chi connectivity index (χ4v) is 8.02. The number of fused-ring (bicyclic) bond motifs is 1. The fraction of sp³-hybridized carbons (Fsp3) is 0.344. The van der Waals surface area contributed by atoms with Gasteiger partial charge in [-0.15, -0.1) is 22.5 Å². The standard InChI is InChI=1S/C32H38FNO6S2/c1-4-6-12-24-17-26(23-10-8-7-9-11-23)27-18-30(41-5-2)29(40-21-28(33)32(35)36)19-31(27)42(37,38)34(24)20-22-13-15-25(39-3)16-14-22/h7-11,13-16,18-19,21,24,26,37-38H,4-6,12,17,20H2,1-3H3,(H,35,36)/b28-21-. The summed E-state index contributed by atoms with van der Waals surface area (Å²) < 4.78 is 50.9. The lowest BCUT2D eigenvalue weighted by Crippen LogP contribution is -2.36. The van der Waals surface area contributed by atoms with Crippen LogP contribution in [0.1, 0.15) is 62.1 Å². The Morgan fingerprint density at radius 3 is 2.45 bits per heavy atom. The molecule has 0 spiro atoms. The van der Waals surface area contributed by atoms with E-state index in [-0.39, 0.29) is 24.3 Å². The molecule has 2 unspecified atom stereocenters. The molecular weight excluding hydrogens is 577 g/mol. The lowest BCUT2D eigenvalue weighted by atomic mass is 9.84. The van der Waals surface area contributed by atoms with Crippen LogP contribution in [0.4, 0.5) is 4.39 Å². The Morgan fingerprint density at radius 2 is 1.83 bits per heavy atom. The van der Waals surface area contributed by atoms with Crippen molar-refractivity contribution in [3.8, 4) is 11.5 Å². The molecule has 3 aromatic rings. The summed E-state index contributed by atoms with van der Waals surface area (Å²) in [6.07, 6.45) is 3.85.